The number of hydrogen-bond donors (Lipinski definition) is 2. The van der Waals surface area contributed by atoms with Gasteiger partial charge in [0.2, 0.25) is 0 Å². The number of nitrogens with one attached hydrogen (secondary N) is 2. The summed E-state index contributed by atoms with van der Waals surface area (Å²) >= 11 is 5.89. The van der Waals surface area contributed by atoms with Crippen molar-refractivity contribution in [3.05, 3.63) is 47.0 Å². The molecule has 1 aromatic carbocycles. The molecule has 0 aliphatic heterocycles. The average molecular weight is 463 g/mol. The van der Waals surface area contributed by atoms with Crippen LogP contribution in [0.5, 0.6) is 0 Å². The molecule has 2 rings (SSSR count). The van der Waals surface area contributed by atoms with Crippen molar-refractivity contribution in [3.8, 4) is 0 Å². The lowest BCUT2D eigenvalue weighted by molar-refractivity contribution is 0.694. The van der Waals surface area contributed by atoms with E-state index in [0.29, 0.717) is 6.54 Å². The van der Waals surface area contributed by atoms with Gasteiger partial charge in [-0.15, -0.1) is 24.0 Å². The van der Waals surface area contributed by atoms with Crippen LogP contribution >= 0.6 is 35.6 Å². The molecule has 0 fully saturated rings. The van der Waals surface area contributed by atoms with Gasteiger partial charge >= 0.3 is 0 Å². The van der Waals surface area contributed by atoms with Gasteiger partial charge in [0.15, 0.2) is 5.96 Å². The molecule has 0 unspecified atom stereocenters. The molecule has 24 heavy (non-hydrogen) atoms. The fourth-order valence-corrected chi connectivity index (χ4v) is 2.23. The van der Waals surface area contributed by atoms with Gasteiger partial charge in [-0.1, -0.05) is 23.7 Å². The molecule has 6 nitrogen and oxygen atoms in total. The smallest absolute Gasteiger partial charge is 0.191 e. The van der Waals surface area contributed by atoms with E-state index >= 15 is 0 Å². The van der Waals surface area contributed by atoms with Gasteiger partial charge in [0.05, 0.1) is 0 Å². The summed E-state index contributed by atoms with van der Waals surface area (Å²) in [6, 6.07) is 7.98. The van der Waals surface area contributed by atoms with Crippen LogP contribution in [0.3, 0.4) is 0 Å². The summed E-state index contributed by atoms with van der Waals surface area (Å²) in [5.41, 5.74) is 1.29. The second kappa shape index (κ2) is 11.2. The maximum Gasteiger partial charge on any atom is 0.191 e. The van der Waals surface area contributed by atoms with E-state index in [0.717, 1.165) is 42.7 Å². The molecule has 0 radical (unpaired) electrons. The molecule has 8 heteroatoms. The normalized spacial score (nSPS) is 11.0. The molecule has 0 bridgehead atoms. The van der Waals surface area contributed by atoms with E-state index < -0.39 is 0 Å². The van der Waals surface area contributed by atoms with Gasteiger partial charge in [0, 0.05) is 25.2 Å². The van der Waals surface area contributed by atoms with Gasteiger partial charge in [-0.2, -0.15) is 5.10 Å². The number of aromatic nitrogens is 3. The number of aliphatic imine (C=N–C) groups is 1. The summed E-state index contributed by atoms with van der Waals surface area (Å²) in [4.78, 5) is 8.70. The number of guanidine groups is 1. The molecule has 2 N–H and O–H groups in total. The largest absolute Gasteiger partial charge is 0.357 e. The number of aryl methyl sites for hydroxylation is 2. The van der Waals surface area contributed by atoms with Crippen molar-refractivity contribution >= 4 is 41.5 Å². The predicted octanol–water partition coefficient (Wildman–Crippen LogP) is 2.77. The minimum absolute atomic E-state index is 0. The minimum atomic E-state index is 0. The molecule has 1 heterocycles. The fourth-order valence-electron chi connectivity index (χ4n) is 2.11. The maximum absolute atomic E-state index is 5.89. The minimum Gasteiger partial charge on any atom is -0.357 e. The molecule has 0 amide bonds. The highest BCUT2D eigenvalue weighted by atomic mass is 127. The second-order valence-electron chi connectivity index (χ2n) is 5.15. The van der Waals surface area contributed by atoms with Crippen molar-refractivity contribution in [2.24, 2.45) is 12.0 Å². The molecule has 0 aliphatic carbocycles. The maximum atomic E-state index is 5.89. The van der Waals surface area contributed by atoms with E-state index in [-0.39, 0.29) is 24.0 Å². The van der Waals surface area contributed by atoms with E-state index in [2.05, 4.69) is 37.8 Å². The zero-order chi connectivity index (χ0) is 16.5. The van der Waals surface area contributed by atoms with Crippen molar-refractivity contribution < 1.29 is 0 Å². The lowest BCUT2D eigenvalue weighted by atomic mass is 10.1. The third-order valence-electron chi connectivity index (χ3n) is 3.38. The first-order chi connectivity index (χ1) is 11.2. The fraction of sp³-hybridized carbons (Fsp3) is 0.438. The number of benzene rings is 1. The van der Waals surface area contributed by atoms with Crippen molar-refractivity contribution in [1.29, 1.82) is 0 Å². The number of halogens is 2. The molecule has 0 atom stereocenters. The molecular weight excluding hydrogens is 439 g/mol. The molecular formula is C16H24ClIN6. The van der Waals surface area contributed by atoms with Crippen LogP contribution in [0.4, 0.5) is 0 Å². The first-order valence-electron chi connectivity index (χ1n) is 7.78. The SMILES string of the molecule is CCNC(=NCc1ncnn1C)NCCCc1ccc(Cl)cc1.I. The van der Waals surface area contributed by atoms with Crippen LogP contribution in [-0.4, -0.2) is 33.8 Å². The van der Waals surface area contributed by atoms with Crippen LogP contribution < -0.4 is 10.6 Å². The van der Waals surface area contributed by atoms with Gasteiger partial charge < -0.3 is 10.6 Å². The van der Waals surface area contributed by atoms with E-state index in [1.807, 2.05) is 26.1 Å². The van der Waals surface area contributed by atoms with Crippen LogP contribution in [0.15, 0.2) is 35.6 Å². The molecule has 0 spiro atoms. The van der Waals surface area contributed by atoms with Crippen LogP contribution in [0.1, 0.15) is 24.7 Å². The Morgan fingerprint density at radius 3 is 2.62 bits per heavy atom. The Morgan fingerprint density at radius 2 is 2.00 bits per heavy atom. The average Bonchev–Trinajstić information content (AvgIpc) is 2.96. The van der Waals surface area contributed by atoms with Crippen LogP contribution in [0, 0.1) is 0 Å². The monoisotopic (exact) mass is 462 g/mol. The Balaban J connectivity index is 0.00000288. The molecule has 132 valence electrons. The Kier molecular flexibility index (Phi) is 9.70. The van der Waals surface area contributed by atoms with Crippen molar-refractivity contribution in [2.75, 3.05) is 13.1 Å². The number of rotatable bonds is 7. The lowest BCUT2D eigenvalue weighted by Crippen LogP contribution is -2.38. The van der Waals surface area contributed by atoms with Gasteiger partial charge in [0.25, 0.3) is 0 Å². The Labute approximate surface area is 165 Å². The zero-order valence-electron chi connectivity index (χ0n) is 14.0. The van der Waals surface area contributed by atoms with Gasteiger partial charge in [-0.05, 0) is 37.5 Å². The number of nitrogens with zero attached hydrogens (tertiary/aromatic N) is 4. The molecule has 0 aliphatic rings. The summed E-state index contributed by atoms with van der Waals surface area (Å²) in [7, 11) is 1.87. The zero-order valence-corrected chi connectivity index (χ0v) is 17.1. The molecule has 0 saturated heterocycles. The quantitative estimate of drug-likeness (QED) is 0.287. The summed E-state index contributed by atoms with van der Waals surface area (Å²) in [5, 5.41) is 11.4. The molecule has 2 aromatic rings. The van der Waals surface area contributed by atoms with Crippen molar-refractivity contribution in [3.63, 3.8) is 0 Å². The van der Waals surface area contributed by atoms with E-state index in [1.54, 1.807) is 4.68 Å². The first-order valence-corrected chi connectivity index (χ1v) is 8.16. The van der Waals surface area contributed by atoms with E-state index in [4.69, 9.17) is 11.6 Å². The highest BCUT2D eigenvalue weighted by Crippen LogP contribution is 2.10. The first kappa shape index (κ1) is 20.7. The standard InChI is InChI=1S/C16H23ClN6.HI/c1-3-18-16(20-11-15-21-12-22-23(15)2)19-10-4-5-13-6-8-14(17)9-7-13;/h6-9,12H,3-5,10-11H2,1-2H3,(H2,18,19,20);1H. The van der Waals surface area contributed by atoms with Crippen LogP contribution in [0.2, 0.25) is 5.02 Å². The van der Waals surface area contributed by atoms with Crippen molar-refractivity contribution in [1.82, 2.24) is 25.4 Å². The summed E-state index contributed by atoms with van der Waals surface area (Å²) in [6.45, 7) is 4.23. The summed E-state index contributed by atoms with van der Waals surface area (Å²) in [6.07, 6.45) is 3.57. The van der Waals surface area contributed by atoms with E-state index in [1.165, 1.54) is 11.9 Å². The van der Waals surface area contributed by atoms with Crippen molar-refractivity contribution in [2.45, 2.75) is 26.3 Å². The third-order valence-corrected chi connectivity index (χ3v) is 3.63. The van der Waals surface area contributed by atoms with Crippen LogP contribution in [-0.2, 0) is 20.0 Å². The molecule has 1 aromatic heterocycles. The number of hydrogen-bond acceptors (Lipinski definition) is 3. The Bertz CT molecular complexity index is 626. The van der Waals surface area contributed by atoms with Gasteiger partial charge in [-0.25, -0.2) is 9.98 Å². The van der Waals surface area contributed by atoms with E-state index in [9.17, 15) is 0 Å². The Morgan fingerprint density at radius 1 is 1.25 bits per heavy atom. The topological polar surface area (TPSA) is 67.1 Å². The highest BCUT2D eigenvalue weighted by molar-refractivity contribution is 14.0. The lowest BCUT2D eigenvalue weighted by Gasteiger charge is -2.11. The second-order valence-corrected chi connectivity index (χ2v) is 5.59. The van der Waals surface area contributed by atoms with Crippen LogP contribution in [0.25, 0.3) is 0 Å². The molecule has 0 saturated carbocycles. The summed E-state index contributed by atoms with van der Waals surface area (Å²) < 4.78 is 1.73. The van der Waals surface area contributed by atoms with Gasteiger partial charge in [0.1, 0.15) is 18.7 Å². The van der Waals surface area contributed by atoms with Gasteiger partial charge in [-0.3, -0.25) is 4.68 Å². The highest BCUT2D eigenvalue weighted by Gasteiger charge is 2.01. The summed E-state index contributed by atoms with van der Waals surface area (Å²) in [5.74, 6) is 1.63. The Hall–Kier alpha value is -1.35. The third kappa shape index (κ3) is 7.04. The predicted molar refractivity (Wildman–Crippen MR) is 109 cm³/mol.